The summed E-state index contributed by atoms with van der Waals surface area (Å²) in [6.07, 6.45) is 10.4. The monoisotopic (exact) mass is 616 g/mol. The molecule has 0 radical (unpaired) electrons. The Morgan fingerprint density at radius 3 is 2.73 bits per heavy atom. The molecule has 7 rings (SSSR count). The molecule has 45 heavy (non-hydrogen) atoms. The third kappa shape index (κ3) is 5.47. The number of imidazole rings is 1. The van der Waals surface area contributed by atoms with Crippen molar-refractivity contribution in [2.24, 2.45) is 5.41 Å². The summed E-state index contributed by atoms with van der Waals surface area (Å²) in [5.41, 5.74) is 3.55. The highest BCUT2D eigenvalue weighted by molar-refractivity contribution is 6.09. The minimum atomic E-state index is -0.975. The molecule has 1 saturated carbocycles. The number of hydrogen-bond donors (Lipinski definition) is 3. The van der Waals surface area contributed by atoms with Crippen molar-refractivity contribution < 1.29 is 28.2 Å². The zero-order chi connectivity index (χ0) is 31.3. The SMILES string of the molecule is CN/C=C1/C=C(COc2nc(N3CCC4(CC3)CC4c3nc4ccc(C(=O)O)cc4n3C[C@@H]3CCO3)c(F)cc2F)C=CC1=N. The number of fused-ring (bicyclic) bond motifs is 1. The van der Waals surface area contributed by atoms with Crippen LogP contribution < -0.4 is 15.0 Å². The van der Waals surface area contributed by atoms with Crippen molar-refractivity contribution in [3.05, 3.63) is 82.9 Å². The molecule has 2 atom stereocenters. The van der Waals surface area contributed by atoms with Crippen LogP contribution in [0.3, 0.4) is 0 Å². The van der Waals surface area contributed by atoms with E-state index in [2.05, 4.69) is 14.9 Å². The summed E-state index contributed by atoms with van der Waals surface area (Å²) in [5, 5.41) is 20.5. The van der Waals surface area contributed by atoms with Gasteiger partial charge in [-0.05, 0) is 67.0 Å². The summed E-state index contributed by atoms with van der Waals surface area (Å²) in [7, 11) is 1.74. The largest absolute Gasteiger partial charge is 0.478 e. The van der Waals surface area contributed by atoms with E-state index in [-0.39, 0.29) is 41.3 Å². The number of rotatable bonds is 9. The normalized spacial score (nSPS) is 22.9. The van der Waals surface area contributed by atoms with Crippen molar-refractivity contribution in [2.75, 3.05) is 38.3 Å². The van der Waals surface area contributed by atoms with Crippen LogP contribution in [0.15, 0.2) is 59.8 Å². The van der Waals surface area contributed by atoms with Gasteiger partial charge in [0.25, 0.3) is 5.88 Å². The molecule has 3 N–H and O–H groups in total. The van der Waals surface area contributed by atoms with Crippen LogP contribution in [0.25, 0.3) is 11.0 Å². The number of benzene rings is 1. The second-order valence-corrected chi connectivity index (χ2v) is 12.2. The maximum Gasteiger partial charge on any atom is 0.335 e. The average molecular weight is 617 g/mol. The second kappa shape index (κ2) is 11.4. The molecular formula is C33H34F2N6O4. The molecule has 4 heterocycles. The van der Waals surface area contributed by atoms with Crippen LogP contribution >= 0.6 is 0 Å². The van der Waals surface area contributed by atoms with Gasteiger partial charge in [-0.2, -0.15) is 4.98 Å². The van der Waals surface area contributed by atoms with Crippen LogP contribution in [-0.2, 0) is 11.3 Å². The number of piperidine rings is 1. The van der Waals surface area contributed by atoms with Gasteiger partial charge >= 0.3 is 5.97 Å². The van der Waals surface area contributed by atoms with Gasteiger partial charge in [0.2, 0.25) is 0 Å². The van der Waals surface area contributed by atoms with E-state index < -0.39 is 17.6 Å². The number of carbonyl (C=O) groups is 1. The average Bonchev–Trinajstić information content (AvgIpc) is 3.57. The number of anilines is 1. The van der Waals surface area contributed by atoms with Gasteiger partial charge in [-0.25, -0.2) is 18.6 Å². The number of carboxylic acid groups (broad SMARTS) is 1. The zero-order valence-electron chi connectivity index (χ0n) is 24.9. The van der Waals surface area contributed by atoms with Crippen molar-refractivity contribution in [2.45, 2.75) is 44.2 Å². The molecule has 2 saturated heterocycles. The van der Waals surface area contributed by atoms with E-state index in [0.29, 0.717) is 30.9 Å². The lowest BCUT2D eigenvalue weighted by Gasteiger charge is -2.34. The summed E-state index contributed by atoms with van der Waals surface area (Å²) in [5.74, 6) is -1.62. The number of carboxylic acids is 1. The Kier molecular flexibility index (Phi) is 7.39. The quantitative estimate of drug-likeness (QED) is 0.308. The first kappa shape index (κ1) is 29.1. The Morgan fingerprint density at radius 2 is 2.02 bits per heavy atom. The lowest BCUT2D eigenvalue weighted by molar-refractivity contribution is -0.0590. The van der Waals surface area contributed by atoms with E-state index in [1.54, 1.807) is 49.7 Å². The van der Waals surface area contributed by atoms with E-state index in [4.69, 9.17) is 19.9 Å². The minimum Gasteiger partial charge on any atom is -0.478 e. The van der Waals surface area contributed by atoms with E-state index in [1.807, 2.05) is 4.90 Å². The van der Waals surface area contributed by atoms with Gasteiger partial charge in [0.05, 0.1) is 35.0 Å². The second-order valence-electron chi connectivity index (χ2n) is 12.2. The molecule has 2 aliphatic heterocycles. The number of pyridine rings is 1. The smallest absolute Gasteiger partial charge is 0.335 e. The summed E-state index contributed by atoms with van der Waals surface area (Å²) in [6, 6.07) is 5.87. The number of hydrogen-bond acceptors (Lipinski definition) is 8. The van der Waals surface area contributed by atoms with Crippen molar-refractivity contribution in [1.82, 2.24) is 19.9 Å². The van der Waals surface area contributed by atoms with Crippen LogP contribution in [0.4, 0.5) is 14.6 Å². The van der Waals surface area contributed by atoms with Crippen LogP contribution in [0.2, 0.25) is 0 Å². The van der Waals surface area contributed by atoms with Crippen molar-refractivity contribution in [1.29, 1.82) is 5.41 Å². The predicted molar refractivity (Wildman–Crippen MR) is 164 cm³/mol. The highest BCUT2D eigenvalue weighted by Crippen LogP contribution is 2.65. The molecule has 12 heteroatoms. The van der Waals surface area contributed by atoms with Crippen molar-refractivity contribution >= 4 is 28.5 Å². The minimum absolute atomic E-state index is 0.00758. The molecule has 1 spiro atoms. The molecule has 3 fully saturated rings. The number of nitrogens with one attached hydrogen (secondary N) is 2. The number of halogens is 2. The number of nitrogens with zero attached hydrogens (tertiary/aromatic N) is 4. The van der Waals surface area contributed by atoms with Gasteiger partial charge in [-0.3, -0.25) is 0 Å². The van der Waals surface area contributed by atoms with E-state index in [0.717, 1.165) is 60.8 Å². The van der Waals surface area contributed by atoms with E-state index in [9.17, 15) is 14.3 Å². The first-order chi connectivity index (χ1) is 21.7. The van der Waals surface area contributed by atoms with Crippen molar-refractivity contribution in [3.63, 3.8) is 0 Å². The topological polar surface area (TPSA) is 126 Å². The maximum absolute atomic E-state index is 15.0. The van der Waals surface area contributed by atoms with Gasteiger partial charge < -0.3 is 34.8 Å². The van der Waals surface area contributed by atoms with Crippen molar-refractivity contribution in [3.8, 4) is 5.88 Å². The molecule has 4 aliphatic rings. The maximum atomic E-state index is 15.0. The Labute approximate surface area is 258 Å². The van der Waals surface area contributed by atoms with Crippen LogP contribution in [0, 0.1) is 22.5 Å². The number of allylic oxidation sites excluding steroid dienone is 3. The molecule has 2 aliphatic carbocycles. The van der Waals surface area contributed by atoms with Gasteiger partial charge in [0, 0.05) is 50.5 Å². The lowest BCUT2D eigenvalue weighted by Crippen LogP contribution is -2.36. The number of aromatic carboxylic acids is 1. The van der Waals surface area contributed by atoms with Crippen LogP contribution in [0.1, 0.15) is 47.8 Å². The molecule has 1 unspecified atom stereocenters. The van der Waals surface area contributed by atoms with Gasteiger partial charge in [0.1, 0.15) is 12.4 Å². The van der Waals surface area contributed by atoms with Gasteiger partial charge in [0.15, 0.2) is 17.5 Å². The first-order valence-electron chi connectivity index (χ1n) is 15.2. The molecular weight excluding hydrogens is 582 g/mol. The molecule has 0 bridgehead atoms. The van der Waals surface area contributed by atoms with Crippen LogP contribution in [-0.4, -0.2) is 70.8 Å². The van der Waals surface area contributed by atoms with Gasteiger partial charge in [-0.1, -0.05) is 6.08 Å². The zero-order valence-corrected chi connectivity index (χ0v) is 24.9. The lowest BCUT2D eigenvalue weighted by atomic mass is 9.90. The standard InChI is InChI=1S/C33H34F2N6O4/c1-37-16-21-12-19(2-4-26(21)36)18-45-31-25(35)14-24(34)30(39-31)40-9-7-33(8-10-40)15-23(33)29-38-27-5-3-20(32(42)43)13-28(27)41(29)17-22-6-11-44-22/h2-5,12-14,16,22-23,36-37H,6-11,15,17-18H2,1H3,(H,42,43)/b21-16-,36-26?/t22-,23?/m0/s1. The number of ether oxygens (including phenoxy) is 2. The Balaban J connectivity index is 1.06. The molecule has 1 aromatic carbocycles. The molecule has 2 aromatic heterocycles. The molecule has 234 valence electrons. The van der Waals surface area contributed by atoms with E-state index in [1.165, 1.54) is 0 Å². The van der Waals surface area contributed by atoms with E-state index >= 15 is 4.39 Å². The Hall–Kier alpha value is -4.58. The molecule has 3 aromatic rings. The Morgan fingerprint density at radius 1 is 1.22 bits per heavy atom. The molecule has 0 amide bonds. The first-order valence-corrected chi connectivity index (χ1v) is 15.2. The highest BCUT2D eigenvalue weighted by atomic mass is 19.1. The summed E-state index contributed by atoms with van der Waals surface area (Å²) in [4.78, 5) is 22.8. The fourth-order valence-corrected chi connectivity index (χ4v) is 6.69. The number of aromatic nitrogens is 3. The summed E-state index contributed by atoms with van der Waals surface area (Å²) >= 11 is 0. The fourth-order valence-electron chi connectivity index (χ4n) is 6.69. The van der Waals surface area contributed by atoms with Gasteiger partial charge in [-0.15, -0.1) is 0 Å². The summed E-state index contributed by atoms with van der Waals surface area (Å²) < 4.78 is 43.3. The van der Waals surface area contributed by atoms with Crippen LogP contribution in [0.5, 0.6) is 5.88 Å². The third-order valence-corrected chi connectivity index (χ3v) is 9.43. The summed E-state index contributed by atoms with van der Waals surface area (Å²) in [6.45, 7) is 2.48. The Bertz CT molecular complexity index is 1780. The highest BCUT2D eigenvalue weighted by Gasteiger charge is 2.57. The molecule has 10 nitrogen and oxygen atoms in total. The fraction of sp³-hybridized carbons (Fsp3) is 0.394. The third-order valence-electron chi connectivity index (χ3n) is 9.43. The predicted octanol–water partition coefficient (Wildman–Crippen LogP) is 4.97.